The highest BCUT2D eigenvalue weighted by atomic mass is 35.5. The van der Waals surface area contributed by atoms with Gasteiger partial charge in [-0.25, -0.2) is 0 Å². The van der Waals surface area contributed by atoms with E-state index in [-0.39, 0.29) is 28.2 Å². The second-order valence-corrected chi connectivity index (χ2v) is 8.75. The third kappa shape index (κ3) is 3.78. The minimum absolute atomic E-state index is 0.161. The van der Waals surface area contributed by atoms with Crippen molar-refractivity contribution in [1.82, 2.24) is 5.32 Å². The smallest absolute Gasteiger partial charge is 0.251 e. The number of benzene rings is 3. The van der Waals surface area contributed by atoms with Gasteiger partial charge in [-0.05, 0) is 49.2 Å². The van der Waals surface area contributed by atoms with Gasteiger partial charge in [0.15, 0.2) is 5.78 Å². The molecule has 3 aromatic rings. The van der Waals surface area contributed by atoms with Crippen molar-refractivity contribution in [3.05, 3.63) is 99.0 Å². The first-order valence-electron chi connectivity index (χ1n) is 10.0. The monoisotopic (exact) mass is 466 g/mol. The van der Waals surface area contributed by atoms with Crippen molar-refractivity contribution >= 4 is 46.5 Å². The molecule has 0 spiro atoms. The Morgan fingerprint density at radius 2 is 1.72 bits per heavy atom. The fourth-order valence-corrected chi connectivity index (χ4v) is 4.42. The van der Waals surface area contributed by atoms with Crippen molar-refractivity contribution in [3.63, 3.8) is 0 Å². The second-order valence-electron chi connectivity index (χ2n) is 7.91. The van der Waals surface area contributed by atoms with E-state index in [0.29, 0.717) is 16.1 Å². The molecule has 1 heterocycles. The predicted molar refractivity (Wildman–Crippen MR) is 126 cm³/mol. The average molecular weight is 467 g/mol. The maximum atomic E-state index is 13.4. The number of Topliss-reactive ketones (excluding diaryl/α,β-unsaturated/α-hetero) is 1. The Kier molecular flexibility index (Phi) is 5.80. The molecule has 3 aromatic carbocycles. The molecule has 0 saturated heterocycles. The Balaban J connectivity index is 1.67. The summed E-state index contributed by atoms with van der Waals surface area (Å²) in [6.45, 7) is 3.42. The van der Waals surface area contributed by atoms with E-state index >= 15 is 0 Å². The van der Waals surface area contributed by atoms with Gasteiger partial charge in [-0.2, -0.15) is 0 Å². The van der Waals surface area contributed by atoms with Crippen LogP contribution in [0.15, 0.2) is 66.7 Å². The number of anilines is 1. The van der Waals surface area contributed by atoms with Gasteiger partial charge in [0.1, 0.15) is 5.41 Å². The average Bonchev–Trinajstić information content (AvgIpc) is 2.77. The van der Waals surface area contributed by atoms with Gasteiger partial charge in [0.2, 0.25) is 5.91 Å². The topological polar surface area (TPSA) is 75.3 Å². The SMILES string of the molecule is CC(NC(=O)c1cccc(C2(C)C(=O)Nc3cc(Cl)cc(Cl)c3C2=O)c1)c1ccccc1. The van der Waals surface area contributed by atoms with Crippen LogP contribution in [0.4, 0.5) is 5.69 Å². The first-order chi connectivity index (χ1) is 15.2. The van der Waals surface area contributed by atoms with Crippen LogP contribution in [0.25, 0.3) is 0 Å². The van der Waals surface area contributed by atoms with Crippen LogP contribution in [0.5, 0.6) is 0 Å². The number of ketones is 1. The highest BCUT2D eigenvalue weighted by Gasteiger charge is 2.48. The summed E-state index contributed by atoms with van der Waals surface area (Å²) >= 11 is 12.3. The van der Waals surface area contributed by atoms with Crippen LogP contribution in [-0.2, 0) is 10.2 Å². The van der Waals surface area contributed by atoms with Crippen LogP contribution in [0, 0.1) is 0 Å². The van der Waals surface area contributed by atoms with Gasteiger partial charge in [0, 0.05) is 10.6 Å². The summed E-state index contributed by atoms with van der Waals surface area (Å²) in [4.78, 5) is 39.4. The largest absolute Gasteiger partial charge is 0.346 e. The number of carbonyl (C=O) groups is 3. The first-order valence-corrected chi connectivity index (χ1v) is 10.8. The van der Waals surface area contributed by atoms with Gasteiger partial charge >= 0.3 is 0 Å². The molecule has 32 heavy (non-hydrogen) atoms. The molecule has 162 valence electrons. The van der Waals surface area contributed by atoms with Gasteiger partial charge in [0.25, 0.3) is 5.91 Å². The standard InChI is InChI=1S/C25H20Cl2N2O3/c1-14(15-7-4-3-5-8-15)28-23(31)16-9-6-10-17(11-16)25(2)22(30)21-19(27)12-18(26)13-20(21)29-24(25)32/h3-14H,1-2H3,(H,28,31)(H,29,32). The van der Waals surface area contributed by atoms with Gasteiger partial charge in [0.05, 0.1) is 22.3 Å². The van der Waals surface area contributed by atoms with E-state index in [9.17, 15) is 14.4 Å². The molecule has 0 aromatic heterocycles. The van der Waals surface area contributed by atoms with Crippen LogP contribution in [-0.4, -0.2) is 17.6 Å². The minimum atomic E-state index is -1.55. The van der Waals surface area contributed by atoms with Crippen molar-refractivity contribution in [2.75, 3.05) is 5.32 Å². The Morgan fingerprint density at radius 1 is 1.00 bits per heavy atom. The maximum Gasteiger partial charge on any atom is 0.251 e. The van der Waals surface area contributed by atoms with Gasteiger partial charge in [-0.3, -0.25) is 14.4 Å². The van der Waals surface area contributed by atoms with E-state index < -0.39 is 17.1 Å². The van der Waals surface area contributed by atoms with Crippen molar-refractivity contribution in [3.8, 4) is 0 Å². The van der Waals surface area contributed by atoms with Crippen molar-refractivity contribution in [2.24, 2.45) is 0 Å². The molecule has 1 aliphatic rings. The molecule has 0 radical (unpaired) electrons. The summed E-state index contributed by atoms with van der Waals surface area (Å²) in [7, 11) is 0. The summed E-state index contributed by atoms with van der Waals surface area (Å²) in [5.41, 5.74) is 0.644. The Labute approximate surface area is 195 Å². The van der Waals surface area contributed by atoms with E-state index in [1.54, 1.807) is 24.3 Å². The molecule has 0 fully saturated rings. The van der Waals surface area contributed by atoms with Crippen LogP contribution in [0.3, 0.4) is 0 Å². The summed E-state index contributed by atoms with van der Waals surface area (Å²) in [6.07, 6.45) is 0. The summed E-state index contributed by atoms with van der Waals surface area (Å²) in [6, 6.07) is 18.9. The summed E-state index contributed by atoms with van der Waals surface area (Å²) < 4.78 is 0. The molecule has 0 saturated carbocycles. The lowest BCUT2D eigenvalue weighted by Gasteiger charge is -2.33. The van der Waals surface area contributed by atoms with E-state index in [1.807, 2.05) is 37.3 Å². The summed E-state index contributed by atoms with van der Waals surface area (Å²) in [5, 5.41) is 6.16. The zero-order valence-corrected chi connectivity index (χ0v) is 18.9. The molecule has 0 bridgehead atoms. The molecule has 4 rings (SSSR count). The molecule has 5 nitrogen and oxygen atoms in total. The first kappa shape index (κ1) is 22.1. The number of fused-ring (bicyclic) bond motifs is 1. The maximum absolute atomic E-state index is 13.4. The molecule has 2 unspecified atom stereocenters. The molecular formula is C25H20Cl2N2O3. The third-order valence-corrected chi connectivity index (χ3v) is 6.30. The number of hydrogen-bond acceptors (Lipinski definition) is 3. The Bertz CT molecular complexity index is 1240. The number of rotatable bonds is 4. The number of amides is 2. The lowest BCUT2D eigenvalue weighted by atomic mass is 9.72. The molecular weight excluding hydrogens is 447 g/mol. The lowest BCUT2D eigenvalue weighted by molar-refractivity contribution is -0.119. The normalized spacial score (nSPS) is 18.5. The zero-order valence-electron chi connectivity index (χ0n) is 17.4. The van der Waals surface area contributed by atoms with E-state index in [4.69, 9.17) is 23.2 Å². The number of nitrogens with one attached hydrogen (secondary N) is 2. The molecule has 0 aliphatic carbocycles. The quantitative estimate of drug-likeness (QED) is 0.492. The minimum Gasteiger partial charge on any atom is -0.346 e. The molecule has 7 heteroatoms. The highest BCUT2D eigenvalue weighted by Crippen LogP contribution is 2.41. The summed E-state index contributed by atoms with van der Waals surface area (Å²) in [5.74, 6) is -1.27. The van der Waals surface area contributed by atoms with Gasteiger partial charge in [-0.15, -0.1) is 0 Å². The van der Waals surface area contributed by atoms with E-state index in [0.717, 1.165) is 5.56 Å². The zero-order chi connectivity index (χ0) is 23.0. The molecule has 2 amide bonds. The number of carbonyl (C=O) groups excluding carboxylic acids is 3. The molecule has 1 aliphatic heterocycles. The van der Waals surface area contributed by atoms with Crippen molar-refractivity contribution in [1.29, 1.82) is 0 Å². The van der Waals surface area contributed by atoms with Crippen molar-refractivity contribution in [2.45, 2.75) is 25.3 Å². The van der Waals surface area contributed by atoms with Gasteiger partial charge in [-0.1, -0.05) is 65.7 Å². The van der Waals surface area contributed by atoms with E-state index in [1.165, 1.54) is 19.1 Å². The third-order valence-electron chi connectivity index (χ3n) is 5.79. The Hall–Kier alpha value is -3.15. The molecule has 2 N–H and O–H groups in total. The van der Waals surface area contributed by atoms with E-state index in [2.05, 4.69) is 10.6 Å². The Morgan fingerprint density at radius 3 is 2.44 bits per heavy atom. The van der Waals surface area contributed by atoms with Gasteiger partial charge < -0.3 is 10.6 Å². The predicted octanol–water partition coefficient (Wildman–Crippen LogP) is 5.58. The lowest BCUT2D eigenvalue weighted by Crippen LogP contribution is -2.48. The number of hydrogen-bond donors (Lipinski definition) is 2. The fourth-order valence-electron chi connectivity index (χ4n) is 3.84. The van der Waals surface area contributed by atoms with Crippen LogP contribution in [0.2, 0.25) is 10.0 Å². The van der Waals surface area contributed by atoms with Crippen molar-refractivity contribution < 1.29 is 14.4 Å². The number of halogens is 2. The van der Waals surface area contributed by atoms with Crippen LogP contribution in [0.1, 0.15) is 51.7 Å². The second kappa shape index (κ2) is 8.41. The highest BCUT2D eigenvalue weighted by molar-refractivity contribution is 6.41. The van der Waals surface area contributed by atoms with Crippen LogP contribution < -0.4 is 10.6 Å². The fraction of sp³-hybridized carbons (Fsp3) is 0.160. The molecule has 2 atom stereocenters. The van der Waals surface area contributed by atoms with Crippen LogP contribution >= 0.6 is 23.2 Å².